The molecule has 13 heteroatoms. The third kappa shape index (κ3) is 5.56. The maximum absolute atomic E-state index is 12.9. The van der Waals surface area contributed by atoms with Gasteiger partial charge in [0.1, 0.15) is 6.54 Å². The number of pyridine rings is 1. The second-order valence-corrected chi connectivity index (χ2v) is 11.9. The van der Waals surface area contributed by atoms with E-state index in [0.717, 1.165) is 56.6 Å². The number of benzene rings is 1. The minimum absolute atomic E-state index is 0.195. The van der Waals surface area contributed by atoms with Gasteiger partial charge in [-0.25, -0.2) is 4.79 Å². The molecular formula is C28H25ClF3N5O3S. The lowest BCUT2D eigenvalue weighted by Crippen LogP contribution is -2.44. The van der Waals surface area contributed by atoms with Crippen molar-refractivity contribution in [2.24, 2.45) is 0 Å². The number of aliphatic hydroxyl groups is 1. The molecule has 0 spiro atoms. The number of halogens is 4. The Labute approximate surface area is 240 Å². The van der Waals surface area contributed by atoms with Gasteiger partial charge >= 0.3 is 11.9 Å². The van der Waals surface area contributed by atoms with Crippen molar-refractivity contribution < 1.29 is 18.3 Å². The molecular weight excluding hydrogens is 579 g/mol. The average Bonchev–Trinajstić information content (AvgIpc) is 3.50. The summed E-state index contributed by atoms with van der Waals surface area (Å²) in [7, 11) is 0. The minimum atomic E-state index is -4.61. The Morgan fingerprint density at radius 1 is 1.05 bits per heavy atom. The number of thiophene rings is 1. The lowest BCUT2D eigenvalue weighted by atomic mass is 9.92. The highest BCUT2D eigenvalue weighted by atomic mass is 35.5. The zero-order chi connectivity index (χ0) is 28.9. The summed E-state index contributed by atoms with van der Waals surface area (Å²) >= 11 is 7.83. The van der Waals surface area contributed by atoms with Crippen LogP contribution in [0.1, 0.15) is 17.7 Å². The van der Waals surface area contributed by atoms with E-state index in [1.54, 1.807) is 12.3 Å². The van der Waals surface area contributed by atoms with E-state index in [9.17, 15) is 27.9 Å². The Morgan fingerprint density at radius 2 is 1.80 bits per heavy atom. The fraction of sp³-hybridized carbons (Fsp3) is 0.321. The highest BCUT2D eigenvalue weighted by molar-refractivity contribution is 7.19. The Morgan fingerprint density at radius 3 is 2.56 bits per heavy atom. The molecule has 4 aromatic heterocycles. The number of rotatable bonds is 6. The van der Waals surface area contributed by atoms with E-state index < -0.39 is 29.6 Å². The quantitative estimate of drug-likeness (QED) is 0.295. The number of nitrogens with zero attached hydrogens (tertiary/aromatic N) is 4. The van der Waals surface area contributed by atoms with Crippen LogP contribution in [0.4, 0.5) is 13.2 Å². The summed E-state index contributed by atoms with van der Waals surface area (Å²) in [4.78, 5) is 30.2. The van der Waals surface area contributed by atoms with Gasteiger partial charge in [0, 0.05) is 51.1 Å². The minimum Gasteiger partial charge on any atom is -0.388 e. The van der Waals surface area contributed by atoms with E-state index in [1.807, 2.05) is 35.0 Å². The van der Waals surface area contributed by atoms with Gasteiger partial charge in [0.2, 0.25) is 0 Å². The average molecular weight is 604 g/mol. The number of hydrogen-bond acceptors (Lipinski definition) is 6. The van der Waals surface area contributed by atoms with Crippen LogP contribution in [0, 0.1) is 0 Å². The summed E-state index contributed by atoms with van der Waals surface area (Å²) in [6, 6.07) is 10.2. The Balaban J connectivity index is 1.43. The fourth-order valence-electron chi connectivity index (χ4n) is 5.47. The Bertz CT molecular complexity index is 1890. The predicted molar refractivity (Wildman–Crippen MR) is 153 cm³/mol. The van der Waals surface area contributed by atoms with Crippen molar-refractivity contribution in [3.63, 3.8) is 0 Å². The SMILES string of the molecule is O=c1ccn(CC(F)(F)F)c(=O)n1Cc1cc2nccc(-c3cc(Cl)cc4ccn(CC5(O)CCNCC5)c34)c2s1. The summed E-state index contributed by atoms with van der Waals surface area (Å²) in [5.41, 5.74) is 0.601. The number of aromatic nitrogens is 4. The molecule has 1 fully saturated rings. The standard InChI is InChI=1S/C28H25ClF3N5O3S/c29-18-11-17-2-9-35(15-27(40)4-7-33-8-5-27)24(17)21(12-18)20-1-6-34-22-13-19(41-25(20)22)14-37-23(38)3-10-36(26(37)39)16-28(30,31)32/h1-3,6,9-13,33,40H,4-5,7-8,14-16H2. The van der Waals surface area contributed by atoms with Gasteiger partial charge in [-0.15, -0.1) is 11.3 Å². The van der Waals surface area contributed by atoms with Crippen molar-refractivity contribution in [2.45, 2.75) is 44.3 Å². The van der Waals surface area contributed by atoms with Gasteiger partial charge in [-0.2, -0.15) is 13.2 Å². The summed E-state index contributed by atoms with van der Waals surface area (Å²) < 4.78 is 42.9. The van der Waals surface area contributed by atoms with Crippen molar-refractivity contribution in [3.05, 3.63) is 85.7 Å². The molecule has 2 N–H and O–H groups in total. The first-order valence-electron chi connectivity index (χ1n) is 13.0. The number of hydrogen-bond donors (Lipinski definition) is 2. The topological polar surface area (TPSA) is 94.1 Å². The zero-order valence-corrected chi connectivity index (χ0v) is 23.2. The van der Waals surface area contributed by atoms with Crippen LogP contribution in [0.3, 0.4) is 0 Å². The van der Waals surface area contributed by atoms with E-state index in [1.165, 1.54) is 11.3 Å². The second-order valence-electron chi connectivity index (χ2n) is 10.4. The summed E-state index contributed by atoms with van der Waals surface area (Å²) in [6.45, 7) is 0.212. The summed E-state index contributed by atoms with van der Waals surface area (Å²) in [5, 5.41) is 16.0. The normalized spacial score (nSPS) is 15.6. The fourth-order valence-corrected chi connectivity index (χ4v) is 6.82. The van der Waals surface area contributed by atoms with Crippen molar-refractivity contribution >= 4 is 44.1 Å². The Kier molecular flexibility index (Phi) is 7.05. The first kappa shape index (κ1) is 27.7. The van der Waals surface area contributed by atoms with Crippen LogP contribution >= 0.6 is 22.9 Å². The summed E-state index contributed by atoms with van der Waals surface area (Å²) in [5.74, 6) is 0. The molecule has 6 rings (SSSR count). The number of piperidine rings is 1. The lowest BCUT2D eigenvalue weighted by Gasteiger charge is -2.33. The predicted octanol–water partition coefficient (Wildman–Crippen LogP) is 4.62. The van der Waals surface area contributed by atoms with Crippen LogP contribution in [-0.4, -0.2) is 48.7 Å². The van der Waals surface area contributed by atoms with Gasteiger partial charge < -0.3 is 15.0 Å². The summed E-state index contributed by atoms with van der Waals surface area (Å²) in [6.07, 6.45) is 1.11. The van der Waals surface area contributed by atoms with E-state index in [2.05, 4.69) is 10.3 Å². The van der Waals surface area contributed by atoms with Gasteiger partial charge in [-0.3, -0.25) is 18.9 Å². The van der Waals surface area contributed by atoms with Crippen LogP contribution in [0.2, 0.25) is 5.02 Å². The molecule has 5 heterocycles. The zero-order valence-electron chi connectivity index (χ0n) is 21.6. The van der Waals surface area contributed by atoms with Gasteiger partial charge in [-0.1, -0.05) is 11.6 Å². The van der Waals surface area contributed by atoms with Gasteiger partial charge in [0.05, 0.1) is 34.4 Å². The molecule has 0 atom stereocenters. The van der Waals surface area contributed by atoms with Crippen molar-refractivity contribution in [2.75, 3.05) is 13.1 Å². The van der Waals surface area contributed by atoms with Crippen molar-refractivity contribution in [3.8, 4) is 11.1 Å². The van der Waals surface area contributed by atoms with Crippen molar-refractivity contribution in [1.29, 1.82) is 0 Å². The molecule has 0 aliphatic carbocycles. The molecule has 0 bridgehead atoms. The largest absolute Gasteiger partial charge is 0.406 e. The van der Waals surface area contributed by atoms with Crippen LogP contribution in [0.5, 0.6) is 0 Å². The number of nitrogens with one attached hydrogen (secondary N) is 1. The monoisotopic (exact) mass is 603 g/mol. The molecule has 1 saturated heterocycles. The molecule has 1 aliphatic rings. The van der Waals surface area contributed by atoms with Crippen LogP contribution < -0.4 is 16.6 Å². The van der Waals surface area contributed by atoms with Gasteiger partial charge in [0.25, 0.3) is 5.56 Å². The van der Waals surface area contributed by atoms with E-state index in [4.69, 9.17) is 11.6 Å². The van der Waals surface area contributed by atoms with Crippen molar-refractivity contribution in [1.82, 2.24) is 24.0 Å². The van der Waals surface area contributed by atoms with E-state index >= 15 is 0 Å². The lowest BCUT2D eigenvalue weighted by molar-refractivity contribution is -0.141. The number of fused-ring (bicyclic) bond motifs is 2. The molecule has 1 aliphatic heterocycles. The van der Waals surface area contributed by atoms with Gasteiger partial charge in [0.15, 0.2) is 0 Å². The number of alkyl halides is 3. The molecule has 5 aromatic rings. The first-order chi connectivity index (χ1) is 19.5. The molecule has 0 unspecified atom stereocenters. The third-order valence-corrected chi connectivity index (χ3v) is 8.74. The molecule has 0 radical (unpaired) electrons. The Hall–Kier alpha value is -3.45. The second kappa shape index (κ2) is 10.4. The van der Waals surface area contributed by atoms with Crippen LogP contribution in [0.15, 0.2) is 64.6 Å². The van der Waals surface area contributed by atoms with Crippen LogP contribution in [0.25, 0.3) is 32.2 Å². The third-order valence-electron chi connectivity index (χ3n) is 7.38. The highest BCUT2D eigenvalue weighted by Gasteiger charge is 2.31. The van der Waals surface area contributed by atoms with E-state index in [-0.39, 0.29) is 6.54 Å². The molecule has 8 nitrogen and oxygen atoms in total. The van der Waals surface area contributed by atoms with Gasteiger partial charge in [-0.05, 0) is 56.3 Å². The first-order valence-corrected chi connectivity index (χ1v) is 14.2. The highest BCUT2D eigenvalue weighted by Crippen LogP contribution is 2.40. The molecule has 0 amide bonds. The maximum Gasteiger partial charge on any atom is 0.406 e. The van der Waals surface area contributed by atoms with E-state index in [0.29, 0.717) is 39.4 Å². The van der Waals surface area contributed by atoms with Crippen LogP contribution in [-0.2, 0) is 19.6 Å². The molecule has 1 aromatic carbocycles. The smallest absolute Gasteiger partial charge is 0.388 e. The molecule has 41 heavy (non-hydrogen) atoms. The molecule has 214 valence electrons. The maximum atomic E-state index is 12.9. The molecule has 0 saturated carbocycles.